The number of alkyl carbamates (subject to hydrolysis) is 1. The molecule has 0 radical (unpaired) electrons. The number of fused-ring (bicyclic) bond motifs is 3. The smallest absolute Gasteiger partial charge is 0.407 e. The molecule has 0 unspecified atom stereocenters. The molecule has 1 heterocycles. The lowest BCUT2D eigenvalue weighted by molar-refractivity contribution is 0.112. The number of thiophene rings is 1. The number of nitrogens with one attached hydrogen (secondary N) is 1. The van der Waals surface area contributed by atoms with Crippen LogP contribution in [-0.4, -0.2) is 25.5 Å². The SMILES string of the molecule is O=Cc1cscc1C=CCCNC(=O)OCC1c2ccccc2-c2ccccc21. The van der Waals surface area contributed by atoms with E-state index in [-0.39, 0.29) is 5.92 Å². The predicted molar refractivity (Wildman–Crippen MR) is 116 cm³/mol. The third-order valence-electron chi connectivity index (χ3n) is 5.07. The Balaban J connectivity index is 1.28. The molecule has 146 valence electrons. The van der Waals surface area contributed by atoms with Gasteiger partial charge in [0, 0.05) is 23.4 Å². The van der Waals surface area contributed by atoms with Gasteiger partial charge in [0.2, 0.25) is 0 Å². The molecule has 0 bridgehead atoms. The summed E-state index contributed by atoms with van der Waals surface area (Å²) in [6.07, 6.45) is 4.95. The molecular formula is C24H21NO3S. The maximum Gasteiger partial charge on any atom is 0.407 e. The van der Waals surface area contributed by atoms with Gasteiger partial charge in [0.15, 0.2) is 6.29 Å². The monoisotopic (exact) mass is 403 g/mol. The summed E-state index contributed by atoms with van der Waals surface area (Å²) in [4.78, 5) is 23.0. The summed E-state index contributed by atoms with van der Waals surface area (Å²) in [6, 6.07) is 16.5. The van der Waals surface area contributed by atoms with E-state index in [1.54, 1.807) is 0 Å². The van der Waals surface area contributed by atoms with Crippen molar-refractivity contribution in [2.45, 2.75) is 12.3 Å². The van der Waals surface area contributed by atoms with Crippen molar-refractivity contribution in [1.82, 2.24) is 5.32 Å². The molecule has 0 fully saturated rings. The van der Waals surface area contributed by atoms with Crippen LogP contribution in [0.3, 0.4) is 0 Å². The molecule has 5 heteroatoms. The molecule has 2 aromatic carbocycles. The second-order valence-corrected chi connectivity index (χ2v) is 7.59. The third-order valence-corrected chi connectivity index (χ3v) is 5.85. The molecule has 0 atom stereocenters. The van der Waals surface area contributed by atoms with Crippen LogP contribution in [0.15, 0.2) is 65.4 Å². The first-order chi connectivity index (χ1) is 14.3. The largest absolute Gasteiger partial charge is 0.449 e. The number of rotatable bonds is 7. The Morgan fingerprint density at radius 1 is 1.00 bits per heavy atom. The van der Waals surface area contributed by atoms with Crippen LogP contribution in [0.25, 0.3) is 17.2 Å². The van der Waals surface area contributed by atoms with Gasteiger partial charge in [-0.25, -0.2) is 4.79 Å². The minimum absolute atomic E-state index is 0.0633. The minimum atomic E-state index is -0.413. The van der Waals surface area contributed by atoms with Gasteiger partial charge in [-0.1, -0.05) is 60.7 Å². The van der Waals surface area contributed by atoms with Crippen LogP contribution >= 0.6 is 11.3 Å². The molecule has 0 aliphatic heterocycles. The summed E-state index contributed by atoms with van der Waals surface area (Å²) in [5.41, 5.74) is 6.43. The fourth-order valence-electron chi connectivity index (χ4n) is 3.67. The lowest BCUT2D eigenvalue weighted by atomic mass is 9.98. The van der Waals surface area contributed by atoms with E-state index in [1.807, 2.05) is 47.2 Å². The minimum Gasteiger partial charge on any atom is -0.449 e. The van der Waals surface area contributed by atoms with E-state index >= 15 is 0 Å². The molecule has 0 saturated heterocycles. The molecule has 4 rings (SSSR count). The fraction of sp³-hybridized carbons (Fsp3) is 0.167. The van der Waals surface area contributed by atoms with E-state index in [0.29, 0.717) is 25.1 Å². The standard InChI is InChI=1S/C24H21NO3S/c26-13-18-16-29-15-17(18)7-5-6-12-25-24(27)28-14-23-21-10-3-1-8-19(21)20-9-2-4-11-22(20)23/h1-5,7-11,13,15-16,23H,6,12,14H2,(H,25,27). The number of hydrogen-bond donors (Lipinski definition) is 1. The van der Waals surface area contributed by atoms with Crippen molar-refractivity contribution < 1.29 is 14.3 Å². The van der Waals surface area contributed by atoms with Gasteiger partial charge in [0.1, 0.15) is 6.61 Å². The van der Waals surface area contributed by atoms with Crippen LogP contribution in [0.2, 0.25) is 0 Å². The highest BCUT2D eigenvalue weighted by atomic mass is 32.1. The highest BCUT2D eigenvalue weighted by Crippen LogP contribution is 2.44. The Kier molecular flexibility index (Phi) is 5.86. The summed E-state index contributed by atoms with van der Waals surface area (Å²) in [5, 5.41) is 6.53. The molecule has 1 amide bonds. The molecule has 0 spiro atoms. The highest BCUT2D eigenvalue weighted by molar-refractivity contribution is 7.08. The quantitative estimate of drug-likeness (QED) is 0.418. The van der Waals surface area contributed by atoms with Gasteiger partial charge in [0.05, 0.1) is 0 Å². The number of hydrogen-bond acceptors (Lipinski definition) is 4. The molecule has 3 aromatic rings. The summed E-state index contributed by atoms with van der Waals surface area (Å²) < 4.78 is 5.51. The zero-order valence-corrected chi connectivity index (χ0v) is 16.7. The maximum absolute atomic E-state index is 12.1. The fourth-order valence-corrected chi connectivity index (χ4v) is 4.43. The first-order valence-electron chi connectivity index (χ1n) is 9.54. The number of ether oxygens (including phenoxy) is 1. The van der Waals surface area contributed by atoms with Gasteiger partial charge < -0.3 is 10.1 Å². The number of carbonyl (C=O) groups is 2. The Morgan fingerprint density at radius 3 is 2.34 bits per heavy atom. The van der Waals surface area contributed by atoms with Gasteiger partial charge >= 0.3 is 6.09 Å². The van der Waals surface area contributed by atoms with Crippen LogP contribution in [0.4, 0.5) is 4.79 Å². The van der Waals surface area contributed by atoms with E-state index in [9.17, 15) is 9.59 Å². The Hall–Kier alpha value is -3.18. The van der Waals surface area contributed by atoms with E-state index in [1.165, 1.54) is 33.6 Å². The molecule has 1 aliphatic carbocycles. The number of aldehydes is 1. The number of carbonyl (C=O) groups excluding carboxylic acids is 2. The summed E-state index contributed by atoms with van der Waals surface area (Å²) >= 11 is 1.50. The van der Waals surface area contributed by atoms with E-state index in [4.69, 9.17) is 4.74 Å². The topological polar surface area (TPSA) is 55.4 Å². The Morgan fingerprint density at radius 2 is 1.66 bits per heavy atom. The zero-order chi connectivity index (χ0) is 20.1. The van der Waals surface area contributed by atoms with Crippen molar-refractivity contribution in [3.05, 3.63) is 87.6 Å². The van der Waals surface area contributed by atoms with Crippen molar-refractivity contribution in [2.75, 3.05) is 13.2 Å². The van der Waals surface area contributed by atoms with Crippen molar-refractivity contribution in [1.29, 1.82) is 0 Å². The highest BCUT2D eigenvalue weighted by Gasteiger charge is 2.28. The van der Waals surface area contributed by atoms with Gasteiger partial charge in [-0.15, -0.1) is 0 Å². The summed E-state index contributed by atoms with van der Waals surface area (Å²) in [5.74, 6) is 0.0633. The zero-order valence-electron chi connectivity index (χ0n) is 15.8. The lowest BCUT2D eigenvalue weighted by Gasteiger charge is -2.14. The average Bonchev–Trinajstić information content (AvgIpc) is 3.34. The summed E-state index contributed by atoms with van der Waals surface area (Å²) in [7, 11) is 0. The van der Waals surface area contributed by atoms with E-state index in [2.05, 4.69) is 29.6 Å². The lowest BCUT2D eigenvalue weighted by Crippen LogP contribution is -2.26. The van der Waals surface area contributed by atoms with E-state index < -0.39 is 6.09 Å². The summed E-state index contributed by atoms with van der Waals surface area (Å²) in [6.45, 7) is 0.793. The predicted octanol–water partition coefficient (Wildman–Crippen LogP) is 5.50. The molecule has 1 aromatic heterocycles. The van der Waals surface area contributed by atoms with Crippen LogP contribution in [0.1, 0.15) is 39.4 Å². The number of amides is 1. The van der Waals surface area contributed by atoms with Gasteiger partial charge in [-0.3, -0.25) is 4.79 Å². The van der Waals surface area contributed by atoms with Crippen molar-refractivity contribution >= 4 is 29.8 Å². The van der Waals surface area contributed by atoms with Gasteiger partial charge in [0.25, 0.3) is 0 Å². The Labute approximate surface area is 173 Å². The molecule has 1 aliphatic rings. The Bertz CT molecular complexity index is 1010. The van der Waals surface area contributed by atoms with Gasteiger partial charge in [-0.05, 0) is 39.6 Å². The van der Waals surface area contributed by atoms with Crippen LogP contribution in [0, 0.1) is 0 Å². The molecule has 29 heavy (non-hydrogen) atoms. The van der Waals surface area contributed by atoms with Crippen molar-refractivity contribution in [3.63, 3.8) is 0 Å². The van der Waals surface area contributed by atoms with Crippen LogP contribution in [-0.2, 0) is 4.74 Å². The molecular weight excluding hydrogens is 382 g/mol. The third kappa shape index (κ3) is 4.15. The van der Waals surface area contributed by atoms with E-state index in [0.717, 1.165) is 11.8 Å². The first kappa shape index (κ1) is 19.2. The normalized spacial score (nSPS) is 12.6. The molecule has 1 N–H and O–H groups in total. The number of benzene rings is 2. The van der Waals surface area contributed by atoms with Crippen molar-refractivity contribution in [3.8, 4) is 11.1 Å². The molecule has 0 saturated carbocycles. The first-order valence-corrected chi connectivity index (χ1v) is 10.5. The second kappa shape index (κ2) is 8.88. The van der Waals surface area contributed by atoms with Crippen LogP contribution in [0.5, 0.6) is 0 Å². The van der Waals surface area contributed by atoms with Gasteiger partial charge in [-0.2, -0.15) is 11.3 Å². The van der Waals surface area contributed by atoms with Crippen LogP contribution < -0.4 is 5.32 Å². The second-order valence-electron chi connectivity index (χ2n) is 6.84. The maximum atomic E-state index is 12.1. The van der Waals surface area contributed by atoms with Crippen molar-refractivity contribution in [2.24, 2.45) is 0 Å². The molecule has 4 nitrogen and oxygen atoms in total. The average molecular weight is 404 g/mol.